The van der Waals surface area contributed by atoms with Crippen molar-refractivity contribution in [2.75, 3.05) is 11.9 Å². The molecule has 3 aromatic rings. The summed E-state index contributed by atoms with van der Waals surface area (Å²) in [7, 11) is 0. The second kappa shape index (κ2) is 8.49. The van der Waals surface area contributed by atoms with E-state index in [0.29, 0.717) is 24.3 Å². The zero-order valence-electron chi connectivity index (χ0n) is 16.7. The Morgan fingerprint density at radius 2 is 2.03 bits per heavy atom. The molecule has 0 aliphatic carbocycles. The van der Waals surface area contributed by atoms with Crippen molar-refractivity contribution in [3.05, 3.63) is 66.0 Å². The third-order valence-corrected chi connectivity index (χ3v) is 5.17. The molecule has 1 atom stereocenters. The van der Waals surface area contributed by atoms with E-state index in [9.17, 15) is 14.0 Å². The second-order valence-corrected chi connectivity index (χ2v) is 7.41. The molecule has 1 saturated heterocycles. The highest BCUT2D eigenvalue weighted by atomic mass is 19.1. The van der Waals surface area contributed by atoms with Gasteiger partial charge >= 0.3 is 0 Å². The lowest BCUT2D eigenvalue weighted by Crippen LogP contribution is -2.24. The molecule has 2 N–H and O–H groups in total. The minimum Gasteiger partial charge on any atom is -0.355 e. The van der Waals surface area contributed by atoms with Crippen LogP contribution in [0, 0.1) is 11.7 Å². The number of halogens is 1. The summed E-state index contributed by atoms with van der Waals surface area (Å²) in [6, 6.07) is 16.3. The molecular weight excluding hydrogens is 383 g/mol. The summed E-state index contributed by atoms with van der Waals surface area (Å²) in [5.41, 5.74) is 3.04. The average Bonchev–Trinajstić information content (AvgIpc) is 3.37. The van der Waals surface area contributed by atoms with Gasteiger partial charge in [0.05, 0.1) is 17.3 Å². The van der Waals surface area contributed by atoms with Gasteiger partial charge in [-0.15, -0.1) is 5.10 Å². The van der Waals surface area contributed by atoms with Gasteiger partial charge in [-0.05, 0) is 42.3 Å². The van der Waals surface area contributed by atoms with Crippen LogP contribution in [0.3, 0.4) is 0 Å². The third-order valence-electron chi connectivity index (χ3n) is 5.17. The number of rotatable bonds is 6. The van der Waals surface area contributed by atoms with Crippen LogP contribution in [-0.2, 0) is 16.0 Å². The lowest BCUT2D eigenvalue weighted by Gasteiger charge is -2.09. The van der Waals surface area contributed by atoms with E-state index in [1.54, 1.807) is 16.8 Å². The molecular formula is C23H23FN4O2. The summed E-state index contributed by atoms with van der Waals surface area (Å²) in [6.45, 7) is 2.34. The molecule has 0 radical (unpaired) electrons. The van der Waals surface area contributed by atoms with Crippen LogP contribution in [0.2, 0.25) is 0 Å². The van der Waals surface area contributed by atoms with Crippen LogP contribution >= 0.6 is 0 Å². The number of hydrogen-bond acceptors (Lipinski definition) is 3. The molecule has 6 nitrogen and oxygen atoms in total. The Bertz CT molecular complexity index is 1080. The Morgan fingerprint density at radius 3 is 2.73 bits per heavy atom. The number of para-hydroxylation sites is 1. The van der Waals surface area contributed by atoms with E-state index >= 15 is 0 Å². The first-order chi connectivity index (χ1) is 14.5. The van der Waals surface area contributed by atoms with E-state index in [0.717, 1.165) is 23.4 Å². The molecule has 0 saturated carbocycles. The molecule has 1 aliphatic rings. The normalized spacial score (nSPS) is 15.8. The zero-order chi connectivity index (χ0) is 21.1. The smallest absolute Gasteiger partial charge is 0.230 e. The maximum atomic E-state index is 14.2. The van der Waals surface area contributed by atoms with Crippen LogP contribution in [0.1, 0.15) is 25.3 Å². The highest BCUT2D eigenvalue weighted by Crippen LogP contribution is 2.28. The average molecular weight is 406 g/mol. The number of benzene rings is 2. The van der Waals surface area contributed by atoms with Crippen LogP contribution < -0.4 is 10.6 Å². The third kappa shape index (κ3) is 4.10. The molecule has 0 bridgehead atoms. The van der Waals surface area contributed by atoms with Crippen molar-refractivity contribution in [2.45, 2.75) is 26.2 Å². The van der Waals surface area contributed by atoms with Crippen molar-refractivity contribution in [1.29, 1.82) is 0 Å². The highest BCUT2D eigenvalue weighted by Gasteiger charge is 2.28. The first-order valence-corrected chi connectivity index (χ1v) is 10.1. The standard InChI is InChI=1S/C23H23FN4O2/c1-2-6-15-11-16(9-10-19(15)24)20-13-21(26-23(30)17-12-22(29)25-14-17)27-28(20)18-7-4-3-5-8-18/h3-5,7-11,13,17H,2,6,12,14H2,1H3,(H,25,29)(H,26,27,30)/t17-/m0/s1. The van der Waals surface area contributed by atoms with E-state index in [1.807, 2.05) is 43.3 Å². The van der Waals surface area contributed by atoms with E-state index in [-0.39, 0.29) is 24.1 Å². The van der Waals surface area contributed by atoms with Gasteiger partial charge in [0, 0.05) is 24.6 Å². The quantitative estimate of drug-likeness (QED) is 0.655. The number of amides is 2. The number of aromatic nitrogens is 2. The van der Waals surface area contributed by atoms with Gasteiger partial charge in [0.15, 0.2) is 5.82 Å². The number of aryl methyl sites for hydroxylation is 1. The topological polar surface area (TPSA) is 76.0 Å². The van der Waals surface area contributed by atoms with Crippen LogP contribution in [-0.4, -0.2) is 28.1 Å². The predicted octanol–water partition coefficient (Wildman–Crippen LogP) is 3.71. The fourth-order valence-corrected chi connectivity index (χ4v) is 3.63. The Balaban J connectivity index is 1.71. The molecule has 2 heterocycles. The number of carbonyl (C=O) groups excluding carboxylic acids is 2. The molecule has 1 fully saturated rings. The molecule has 2 amide bonds. The summed E-state index contributed by atoms with van der Waals surface area (Å²) >= 11 is 0. The SMILES string of the molecule is CCCc1cc(-c2cc(NC(=O)[C@@H]3CNC(=O)C3)nn2-c2ccccc2)ccc1F. The lowest BCUT2D eigenvalue weighted by atomic mass is 10.0. The molecule has 0 spiro atoms. The number of carbonyl (C=O) groups is 2. The van der Waals surface area contributed by atoms with Crippen LogP contribution in [0.5, 0.6) is 0 Å². The van der Waals surface area contributed by atoms with Gasteiger partial charge in [-0.3, -0.25) is 9.59 Å². The summed E-state index contributed by atoms with van der Waals surface area (Å²) in [6.07, 6.45) is 1.66. The molecule has 4 rings (SSSR count). The van der Waals surface area contributed by atoms with Crippen LogP contribution in [0.25, 0.3) is 16.9 Å². The van der Waals surface area contributed by atoms with Crippen molar-refractivity contribution in [2.24, 2.45) is 5.92 Å². The number of nitrogens with one attached hydrogen (secondary N) is 2. The van der Waals surface area contributed by atoms with E-state index in [4.69, 9.17) is 0 Å². The first kappa shape index (κ1) is 19.8. The first-order valence-electron chi connectivity index (χ1n) is 10.1. The van der Waals surface area contributed by atoms with E-state index < -0.39 is 5.92 Å². The predicted molar refractivity (Wildman–Crippen MR) is 113 cm³/mol. The number of hydrogen-bond donors (Lipinski definition) is 2. The molecule has 1 aromatic heterocycles. The maximum absolute atomic E-state index is 14.2. The molecule has 30 heavy (non-hydrogen) atoms. The van der Waals surface area contributed by atoms with Gasteiger partial charge < -0.3 is 10.6 Å². The second-order valence-electron chi connectivity index (χ2n) is 7.41. The summed E-state index contributed by atoms with van der Waals surface area (Å²) in [4.78, 5) is 23.9. The van der Waals surface area contributed by atoms with Crippen LogP contribution in [0.15, 0.2) is 54.6 Å². The van der Waals surface area contributed by atoms with Crippen molar-refractivity contribution in [3.8, 4) is 16.9 Å². The Labute approximate surface area is 174 Å². The fourth-order valence-electron chi connectivity index (χ4n) is 3.63. The van der Waals surface area contributed by atoms with Gasteiger partial charge in [-0.25, -0.2) is 9.07 Å². The minimum absolute atomic E-state index is 0.125. The largest absolute Gasteiger partial charge is 0.355 e. The number of anilines is 1. The van der Waals surface area contributed by atoms with E-state index in [1.165, 1.54) is 6.07 Å². The maximum Gasteiger partial charge on any atom is 0.230 e. The minimum atomic E-state index is -0.412. The molecule has 154 valence electrons. The Kier molecular flexibility index (Phi) is 5.61. The molecule has 0 unspecified atom stereocenters. The highest BCUT2D eigenvalue weighted by molar-refractivity contribution is 5.97. The lowest BCUT2D eigenvalue weighted by molar-refractivity contribution is -0.123. The van der Waals surface area contributed by atoms with Crippen molar-refractivity contribution in [1.82, 2.24) is 15.1 Å². The van der Waals surface area contributed by atoms with Gasteiger partial charge in [-0.1, -0.05) is 31.5 Å². The molecule has 7 heteroatoms. The van der Waals surface area contributed by atoms with E-state index in [2.05, 4.69) is 15.7 Å². The van der Waals surface area contributed by atoms with Crippen molar-refractivity contribution in [3.63, 3.8) is 0 Å². The van der Waals surface area contributed by atoms with Gasteiger partial charge in [0.2, 0.25) is 11.8 Å². The Hall–Kier alpha value is -3.48. The zero-order valence-corrected chi connectivity index (χ0v) is 16.7. The van der Waals surface area contributed by atoms with Crippen LogP contribution in [0.4, 0.5) is 10.2 Å². The van der Waals surface area contributed by atoms with Gasteiger partial charge in [0.1, 0.15) is 5.82 Å². The fraction of sp³-hybridized carbons (Fsp3) is 0.261. The summed E-state index contributed by atoms with van der Waals surface area (Å²) in [5.74, 6) is -0.619. The summed E-state index contributed by atoms with van der Waals surface area (Å²) in [5, 5.41) is 10.1. The van der Waals surface area contributed by atoms with Crippen molar-refractivity contribution < 1.29 is 14.0 Å². The molecule has 1 aliphatic heterocycles. The van der Waals surface area contributed by atoms with Gasteiger partial charge in [0.25, 0.3) is 0 Å². The monoisotopic (exact) mass is 406 g/mol. The number of nitrogens with zero attached hydrogens (tertiary/aromatic N) is 2. The Morgan fingerprint density at radius 1 is 1.23 bits per heavy atom. The molecule has 2 aromatic carbocycles. The van der Waals surface area contributed by atoms with Gasteiger partial charge in [-0.2, -0.15) is 0 Å². The van der Waals surface area contributed by atoms with Crippen molar-refractivity contribution >= 4 is 17.6 Å². The summed E-state index contributed by atoms with van der Waals surface area (Å²) < 4.78 is 15.9.